The van der Waals surface area contributed by atoms with Gasteiger partial charge in [-0.1, -0.05) is 0 Å². The zero-order valence-corrected chi connectivity index (χ0v) is 20.0. The van der Waals surface area contributed by atoms with E-state index in [1.165, 1.54) is 41.5 Å². The summed E-state index contributed by atoms with van der Waals surface area (Å²) in [4.78, 5) is 38.1. The van der Waals surface area contributed by atoms with Crippen LogP contribution in [0.2, 0.25) is 0 Å². The van der Waals surface area contributed by atoms with Gasteiger partial charge in [-0.05, 0) is 65.8 Å². The van der Waals surface area contributed by atoms with Crippen molar-refractivity contribution >= 4 is 29.2 Å². The molecule has 2 aromatic rings. The van der Waals surface area contributed by atoms with Gasteiger partial charge in [0.1, 0.15) is 28.4 Å². The molecule has 2 aromatic carbocycles. The lowest BCUT2D eigenvalue weighted by Crippen LogP contribution is -2.36. The molecule has 0 saturated carbocycles. The van der Waals surface area contributed by atoms with Crippen molar-refractivity contribution in [3.05, 3.63) is 58.7 Å². The number of nitrogens with one attached hydrogen (secondary N) is 1. The molecule has 0 saturated heterocycles. The first kappa shape index (κ1) is 27.6. The SMILES string of the molecule is CC(C)(C)OC(=O)C(C(=O)OC(C)(C)C)c1c(F)ccc(NC(=O)c2c(F)ccc(N)c2F)c1F. The molecule has 0 bridgehead atoms. The van der Waals surface area contributed by atoms with E-state index in [-0.39, 0.29) is 0 Å². The summed E-state index contributed by atoms with van der Waals surface area (Å²) in [5.41, 5.74) is -0.370. The lowest BCUT2D eigenvalue weighted by atomic mass is 9.96. The zero-order chi connectivity index (χ0) is 26.9. The van der Waals surface area contributed by atoms with Crippen LogP contribution >= 0.6 is 0 Å². The zero-order valence-electron chi connectivity index (χ0n) is 20.0. The van der Waals surface area contributed by atoms with Gasteiger partial charge in [-0.2, -0.15) is 0 Å². The first-order valence-corrected chi connectivity index (χ1v) is 10.4. The average Bonchev–Trinajstić information content (AvgIpc) is 2.67. The summed E-state index contributed by atoms with van der Waals surface area (Å²) >= 11 is 0. The molecule has 0 spiro atoms. The van der Waals surface area contributed by atoms with Gasteiger partial charge in [-0.25, -0.2) is 17.6 Å². The van der Waals surface area contributed by atoms with E-state index in [0.29, 0.717) is 6.07 Å². The van der Waals surface area contributed by atoms with Gasteiger partial charge in [0.05, 0.1) is 16.9 Å². The Balaban J connectivity index is 2.59. The maximum absolute atomic E-state index is 15.4. The summed E-state index contributed by atoms with van der Waals surface area (Å²) in [6.07, 6.45) is 0. The number of rotatable bonds is 5. The molecule has 7 nitrogen and oxygen atoms in total. The Kier molecular flexibility index (Phi) is 7.83. The number of esters is 2. The van der Waals surface area contributed by atoms with Crippen molar-refractivity contribution in [2.24, 2.45) is 0 Å². The number of carbonyl (C=O) groups excluding carboxylic acids is 3. The summed E-state index contributed by atoms with van der Waals surface area (Å²) < 4.78 is 68.8. The molecule has 0 fully saturated rings. The van der Waals surface area contributed by atoms with Crippen LogP contribution < -0.4 is 11.1 Å². The monoisotopic (exact) mass is 498 g/mol. The molecule has 0 radical (unpaired) electrons. The van der Waals surface area contributed by atoms with E-state index in [1.54, 1.807) is 0 Å². The summed E-state index contributed by atoms with van der Waals surface area (Å²) in [6, 6.07) is 3.06. The first-order chi connectivity index (χ1) is 15.9. The second-order valence-electron chi connectivity index (χ2n) is 9.60. The second kappa shape index (κ2) is 9.93. The van der Waals surface area contributed by atoms with Gasteiger partial charge in [0.15, 0.2) is 17.6 Å². The van der Waals surface area contributed by atoms with E-state index < -0.39 is 80.7 Å². The number of anilines is 2. The lowest BCUT2D eigenvalue weighted by Gasteiger charge is -2.27. The number of nitrogen functional groups attached to an aromatic ring is 1. The van der Waals surface area contributed by atoms with E-state index in [2.05, 4.69) is 0 Å². The Morgan fingerprint density at radius 3 is 1.77 bits per heavy atom. The van der Waals surface area contributed by atoms with Gasteiger partial charge in [0.2, 0.25) is 0 Å². The highest BCUT2D eigenvalue weighted by molar-refractivity contribution is 6.06. The molecule has 35 heavy (non-hydrogen) atoms. The molecule has 0 aliphatic carbocycles. The van der Waals surface area contributed by atoms with Crippen molar-refractivity contribution in [3.8, 4) is 0 Å². The molecule has 0 aliphatic rings. The van der Waals surface area contributed by atoms with Crippen LogP contribution in [0.1, 0.15) is 63.4 Å². The molecule has 2 rings (SSSR count). The van der Waals surface area contributed by atoms with Crippen LogP contribution in [0.25, 0.3) is 0 Å². The number of benzene rings is 2. The molecule has 0 aliphatic heterocycles. The number of nitrogens with two attached hydrogens (primary N) is 1. The lowest BCUT2D eigenvalue weighted by molar-refractivity contribution is -0.169. The van der Waals surface area contributed by atoms with Crippen molar-refractivity contribution in [2.75, 3.05) is 11.1 Å². The molecular formula is C24H26F4N2O5. The fourth-order valence-electron chi connectivity index (χ4n) is 2.95. The minimum atomic E-state index is -2.20. The van der Waals surface area contributed by atoms with Gasteiger partial charge in [-0.3, -0.25) is 14.4 Å². The fourth-order valence-corrected chi connectivity index (χ4v) is 2.95. The summed E-state index contributed by atoms with van der Waals surface area (Å²) in [5.74, 6) is -11.8. The first-order valence-electron chi connectivity index (χ1n) is 10.4. The van der Waals surface area contributed by atoms with Crippen LogP contribution in [0.15, 0.2) is 24.3 Å². The number of halogens is 4. The minimum absolute atomic E-state index is 0.535. The van der Waals surface area contributed by atoms with Gasteiger partial charge < -0.3 is 20.5 Å². The van der Waals surface area contributed by atoms with E-state index in [1.807, 2.05) is 5.32 Å². The Morgan fingerprint density at radius 2 is 1.29 bits per heavy atom. The summed E-state index contributed by atoms with van der Waals surface area (Å²) in [6.45, 7) is 8.89. The molecule has 3 N–H and O–H groups in total. The van der Waals surface area contributed by atoms with Gasteiger partial charge in [0.25, 0.3) is 5.91 Å². The summed E-state index contributed by atoms with van der Waals surface area (Å²) in [7, 11) is 0. The van der Waals surface area contributed by atoms with Gasteiger partial charge in [0, 0.05) is 0 Å². The van der Waals surface area contributed by atoms with E-state index in [4.69, 9.17) is 15.2 Å². The van der Waals surface area contributed by atoms with Crippen LogP contribution in [0.3, 0.4) is 0 Å². The molecule has 11 heteroatoms. The highest BCUT2D eigenvalue weighted by atomic mass is 19.1. The molecule has 0 heterocycles. The highest BCUT2D eigenvalue weighted by Gasteiger charge is 2.40. The number of ether oxygens (including phenoxy) is 2. The third kappa shape index (κ3) is 6.71. The fraction of sp³-hybridized carbons (Fsp3) is 0.375. The van der Waals surface area contributed by atoms with Crippen molar-refractivity contribution < 1.29 is 41.4 Å². The Morgan fingerprint density at radius 1 is 0.800 bits per heavy atom. The van der Waals surface area contributed by atoms with Crippen molar-refractivity contribution in [1.82, 2.24) is 0 Å². The highest BCUT2D eigenvalue weighted by Crippen LogP contribution is 2.32. The minimum Gasteiger partial charge on any atom is -0.459 e. The Bertz CT molecular complexity index is 1140. The third-order valence-electron chi connectivity index (χ3n) is 4.30. The molecule has 1 amide bonds. The quantitative estimate of drug-likeness (QED) is 0.264. The van der Waals surface area contributed by atoms with E-state index in [0.717, 1.165) is 18.2 Å². The van der Waals surface area contributed by atoms with Crippen LogP contribution in [-0.2, 0) is 19.1 Å². The molecule has 0 atom stereocenters. The van der Waals surface area contributed by atoms with Crippen LogP contribution in [0.4, 0.5) is 28.9 Å². The number of carbonyl (C=O) groups is 3. The number of amides is 1. The smallest absolute Gasteiger partial charge is 0.325 e. The number of hydrogen-bond acceptors (Lipinski definition) is 6. The maximum Gasteiger partial charge on any atom is 0.325 e. The van der Waals surface area contributed by atoms with Crippen LogP contribution in [0, 0.1) is 23.3 Å². The van der Waals surface area contributed by atoms with E-state index in [9.17, 15) is 27.6 Å². The molecular weight excluding hydrogens is 472 g/mol. The van der Waals surface area contributed by atoms with Gasteiger partial charge >= 0.3 is 11.9 Å². The third-order valence-corrected chi connectivity index (χ3v) is 4.30. The predicted octanol–water partition coefficient (Wildman–Crippen LogP) is 4.84. The van der Waals surface area contributed by atoms with Crippen molar-refractivity contribution in [1.29, 1.82) is 0 Å². The standard InChI is InChI=1S/C24H26F4N2O5/c1-23(2,3)34-21(32)17(22(33)35-24(4,5)6)15-11(25)8-10-14(19(15)28)30-20(31)16-12(26)7-9-13(29)18(16)27/h7-10,17H,29H2,1-6H3,(H,30,31). The molecule has 0 unspecified atom stereocenters. The second-order valence-corrected chi connectivity index (χ2v) is 9.60. The summed E-state index contributed by atoms with van der Waals surface area (Å²) in [5, 5.41) is 1.91. The normalized spacial score (nSPS) is 11.9. The maximum atomic E-state index is 15.4. The molecule has 0 aromatic heterocycles. The van der Waals surface area contributed by atoms with Crippen LogP contribution in [-0.4, -0.2) is 29.0 Å². The molecule has 190 valence electrons. The Labute approximate surface area is 199 Å². The Hall–Kier alpha value is -3.63. The van der Waals surface area contributed by atoms with Crippen molar-refractivity contribution in [3.63, 3.8) is 0 Å². The largest absolute Gasteiger partial charge is 0.459 e. The average molecular weight is 498 g/mol. The predicted molar refractivity (Wildman–Crippen MR) is 120 cm³/mol. The van der Waals surface area contributed by atoms with Gasteiger partial charge in [-0.15, -0.1) is 0 Å². The van der Waals surface area contributed by atoms with Crippen molar-refractivity contribution in [2.45, 2.75) is 58.7 Å². The topological polar surface area (TPSA) is 108 Å². The van der Waals surface area contributed by atoms with Crippen LogP contribution in [0.5, 0.6) is 0 Å². The number of hydrogen-bond donors (Lipinski definition) is 2. The van der Waals surface area contributed by atoms with E-state index >= 15 is 4.39 Å².